The van der Waals surface area contributed by atoms with E-state index in [4.69, 9.17) is 0 Å². The zero-order valence-electron chi connectivity index (χ0n) is 9.07. The molecule has 2 heterocycles. The van der Waals surface area contributed by atoms with Gasteiger partial charge in [0.2, 0.25) is 0 Å². The average molecular weight is 309 g/mol. The van der Waals surface area contributed by atoms with Crippen molar-refractivity contribution in [1.82, 2.24) is 9.38 Å². The van der Waals surface area contributed by atoms with Gasteiger partial charge in [0.15, 0.2) is 17.3 Å². The summed E-state index contributed by atoms with van der Waals surface area (Å²) in [6.07, 6.45) is 3.61. The lowest BCUT2D eigenvalue weighted by molar-refractivity contribution is 0.509. The first-order chi connectivity index (χ1) is 8.65. The van der Waals surface area contributed by atoms with E-state index in [1.165, 1.54) is 6.07 Å². The van der Waals surface area contributed by atoms with Gasteiger partial charge in [-0.1, -0.05) is 0 Å². The highest BCUT2D eigenvalue weighted by molar-refractivity contribution is 9.10. The summed E-state index contributed by atoms with van der Waals surface area (Å²) < 4.78 is 28.7. The molecule has 0 N–H and O–H groups in total. The lowest BCUT2D eigenvalue weighted by atomic mass is 10.1. The third kappa shape index (κ3) is 1.80. The Hall–Kier alpha value is -1.75. The summed E-state index contributed by atoms with van der Waals surface area (Å²) in [7, 11) is 0. The van der Waals surface area contributed by atoms with Crippen molar-refractivity contribution < 1.29 is 8.78 Å². The van der Waals surface area contributed by atoms with Gasteiger partial charge in [-0.2, -0.15) is 0 Å². The Labute approximate surface area is 110 Å². The van der Waals surface area contributed by atoms with Gasteiger partial charge in [-0.3, -0.25) is 0 Å². The fraction of sp³-hybridized carbons (Fsp3) is 0. The Kier molecular flexibility index (Phi) is 2.63. The summed E-state index contributed by atoms with van der Waals surface area (Å²) >= 11 is 3.39. The first-order valence-electron chi connectivity index (χ1n) is 5.24. The van der Waals surface area contributed by atoms with Crippen LogP contribution in [0.2, 0.25) is 0 Å². The first kappa shape index (κ1) is 11.3. The monoisotopic (exact) mass is 308 g/mol. The summed E-state index contributed by atoms with van der Waals surface area (Å²) in [6.45, 7) is 0. The van der Waals surface area contributed by atoms with Crippen LogP contribution in [0.15, 0.2) is 47.2 Å². The number of benzene rings is 1. The Balaban J connectivity index is 2.19. The van der Waals surface area contributed by atoms with Gasteiger partial charge in [0.05, 0.1) is 10.2 Å². The highest BCUT2D eigenvalue weighted by atomic mass is 79.9. The maximum atomic E-state index is 13.2. The molecule has 3 aromatic rings. The molecule has 0 aliphatic carbocycles. The van der Waals surface area contributed by atoms with Crippen molar-refractivity contribution in [1.29, 1.82) is 0 Å². The van der Waals surface area contributed by atoms with Crippen molar-refractivity contribution in [3.63, 3.8) is 0 Å². The zero-order valence-corrected chi connectivity index (χ0v) is 10.7. The van der Waals surface area contributed by atoms with Gasteiger partial charge in [-0.15, -0.1) is 0 Å². The lowest BCUT2D eigenvalue weighted by Gasteiger charge is -1.97. The van der Waals surface area contributed by atoms with Crippen molar-refractivity contribution in [2.75, 3.05) is 0 Å². The van der Waals surface area contributed by atoms with Gasteiger partial charge in [-0.05, 0) is 46.3 Å². The number of halogens is 3. The van der Waals surface area contributed by atoms with Gasteiger partial charge >= 0.3 is 0 Å². The molecule has 0 radical (unpaired) electrons. The molecule has 0 atom stereocenters. The fourth-order valence-corrected chi connectivity index (χ4v) is 2.22. The van der Waals surface area contributed by atoms with Crippen LogP contribution in [0.3, 0.4) is 0 Å². The van der Waals surface area contributed by atoms with Gasteiger partial charge in [-0.25, -0.2) is 13.8 Å². The Bertz CT molecular complexity index is 737. The molecule has 0 unspecified atom stereocenters. The molecule has 0 amide bonds. The zero-order chi connectivity index (χ0) is 12.7. The fourth-order valence-electron chi connectivity index (χ4n) is 1.77. The molecular formula is C13H7BrF2N2. The van der Waals surface area contributed by atoms with Crippen molar-refractivity contribution >= 4 is 21.6 Å². The van der Waals surface area contributed by atoms with Crippen molar-refractivity contribution in [3.8, 4) is 11.3 Å². The molecule has 0 bridgehead atoms. The number of nitrogens with zero attached hydrogens (tertiary/aromatic N) is 2. The predicted octanol–water partition coefficient (Wildman–Crippen LogP) is 4.04. The molecular weight excluding hydrogens is 302 g/mol. The van der Waals surface area contributed by atoms with E-state index in [1.807, 2.05) is 22.7 Å². The van der Waals surface area contributed by atoms with Crippen molar-refractivity contribution in [3.05, 3.63) is 58.8 Å². The molecule has 2 nitrogen and oxygen atoms in total. The van der Waals surface area contributed by atoms with Crippen molar-refractivity contribution in [2.24, 2.45) is 0 Å². The van der Waals surface area contributed by atoms with E-state index in [-0.39, 0.29) is 0 Å². The van der Waals surface area contributed by atoms with Gasteiger partial charge < -0.3 is 4.40 Å². The third-order valence-corrected chi connectivity index (χ3v) is 3.27. The van der Waals surface area contributed by atoms with Crippen LogP contribution in [0.25, 0.3) is 16.9 Å². The second-order valence-corrected chi connectivity index (χ2v) is 4.70. The molecule has 18 heavy (non-hydrogen) atoms. The molecule has 0 saturated heterocycles. The molecule has 0 fully saturated rings. The molecule has 0 aliphatic heterocycles. The lowest BCUT2D eigenvalue weighted by Crippen LogP contribution is -1.85. The van der Waals surface area contributed by atoms with Crippen LogP contribution in [0.4, 0.5) is 8.78 Å². The van der Waals surface area contributed by atoms with E-state index in [0.717, 1.165) is 22.3 Å². The van der Waals surface area contributed by atoms with E-state index < -0.39 is 11.6 Å². The first-order valence-corrected chi connectivity index (χ1v) is 6.03. The van der Waals surface area contributed by atoms with Crippen LogP contribution >= 0.6 is 15.9 Å². The number of aromatic nitrogens is 2. The van der Waals surface area contributed by atoms with Crippen LogP contribution in [-0.2, 0) is 0 Å². The number of hydrogen-bond donors (Lipinski definition) is 0. The largest absolute Gasteiger partial charge is 0.306 e. The SMILES string of the molecule is Fc1ccc(-c2cn3cccc(Br)c3n2)cc1F. The van der Waals surface area contributed by atoms with Crippen LogP contribution in [-0.4, -0.2) is 9.38 Å². The number of pyridine rings is 1. The van der Waals surface area contributed by atoms with Crippen LogP contribution in [0.5, 0.6) is 0 Å². The summed E-state index contributed by atoms with van der Waals surface area (Å²) in [5.41, 5.74) is 1.88. The normalized spacial score (nSPS) is 11.1. The number of rotatable bonds is 1. The van der Waals surface area contributed by atoms with E-state index in [1.54, 1.807) is 6.20 Å². The quantitative estimate of drug-likeness (QED) is 0.663. The van der Waals surface area contributed by atoms with Gasteiger partial charge in [0, 0.05) is 18.0 Å². The molecule has 90 valence electrons. The summed E-state index contributed by atoms with van der Waals surface area (Å²) in [5, 5.41) is 0. The Morgan fingerprint density at radius 3 is 2.67 bits per heavy atom. The van der Waals surface area contributed by atoms with Gasteiger partial charge in [0.25, 0.3) is 0 Å². The molecule has 0 saturated carbocycles. The maximum Gasteiger partial charge on any atom is 0.159 e. The minimum atomic E-state index is -0.872. The minimum absolute atomic E-state index is 0.546. The molecule has 0 spiro atoms. The van der Waals surface area contributed by atoms with E-state index in [0.29, 0.717) is 11.3 Å². The highest BCUT2D eigenvalue weighted by Gasteiger charge is 2.09. The number of hydrogen-bond acceptors (Lipinski definition) is 1. The summed E-state index contributed by atoms with van der Waals surface area (Å²) in [5.74, 6) is -1.73. The second-order valence-electron chi connectivity index (χ2n) is 3.84. The van der Waals surface area contributed by atoms with Crippen LogP contribution in [0.1, 0.15) is 0 Å². The minimum Gasteiger partial charge on any atom is -0.306 e. The standard InChI is InChI=1S/C13H7BrF2N2/c14-9-2-1-5-18-7-12(17-13(9)18)8-3-4-10(15)11(16)6-8/h1-7H. The molecule has 0 aliphatic rings. The molecule has 2 aromatic heterocycles. The Morgan fingerprint density at radius 1 is 1.11 bits per heavy atom. The smallest absolute Gasteiger partial charge is 0.159 e. The molecule has 3 rings (SSSR count). The van der Waals surface area contributed by atoms with Crippen LogP contribution in [0, 0.1) is 11.6 Å². The van der Waals surface area contributed by atoms with Crippen LogP contribution < -0.4 is 0 Å². The highest BCUT2D eigenvalue weighted by Crippen LogP contribution is 2.24. The third-order valence-electron chi connectivity index (χ3n) is 2.65. The topological polar surface area (TPSA) is 17.3 Å². The molecule has 5 heteroatoms. The summed E-state index contributed by atoms with van der Waals surface area (Å²) in [6, 6.07) is 7.49. The average Bonchev–Trinajstić information content (AvgIpc) is 2.78. The molecule has 1 aromatic carbocycles. The predicted molar refractivity (Wildman–Crippen MR) is 68.2 cm³/mol. The van der Waals surface area contributed by atoms with E-state index >= 15 is 0 Å². The van der Waals surface area contributed by atoms with Crippen molar-refractivity contribution in [2.45, 2.75) is 0 Å². The number of fused-ring (bicyclic) bond motifs is 1. The summed E-state index contributed by atoms with van der Waals surface area (Å²) in [4.78, 5) is 4.38. The van der Waals surface area contributed by atoms with E-state index in [2.05, 4.69) is 20.9 Å². The van der Waals surface area contributed by atoms with Gasteiger partial charge in [0.1, 0.15) is 0 Å². The van der Waals surface area contributed by atoms with E-state index in [9.17, 15) is 8.78 Å². The maximum absolute atomic E-state index is 13.2. The second kappa shape index (κ2) is 4.17. The number of imidazole rings is 1. The Morgan fingerprint density at radius 2 is 1.94 bits per heavy atom.